The van der Waals surface area contributed by atoms with Gasteiger partial charge in [-0.25, -0.2) is 10.0 Å². The summed E-state index contributed by atoms with van der Waals surface area (Å²) >= 11 is 0. The molecule has 1 atom stereocenters. The zero-order valence-electron chi connectivity index (χ0n) is 15.3. The molecule has 2 aromatic rings. The first-order valence-electron chi connectivity index (χ1n) is 8.80. The maximum atomic E-state index is 13.1. The molecular formula is C21H24N2O3. The first kappa shape index (κ1) is 18.0. The molecular weight excluding hydrogens is 328 g/mol. The number of benzene rings is 2. The Labute approximate surface area is 153 Å². The lowest BCUT2D eigenvalue weighted by atomic mass is 9.86. The van der Waals surface area contributed by atoms with E-state index in [0.717, 1.165) is 6.42 Å². The fourth-order valence-corrected chi connectivity index (χ4v) is 3.07. The van der Waals surface area contributed by atoms with Crippen LogP contribution in [0.15, 0.2) is 54.6 Å². The third kappa shape index (κ3) is 3.57. The first-order chi connectivity index (χ1) is 12.3. The molecule has 1 saturated heterocycles. The van der Waals surface area contributed by atoms with E-state index in [1.54, 1.807) is 12.1 Å². The molecule has 0 aliphatic carbocycles. The van der Waals surface area contributed by atoms with Gasteiger partial charge in [0.2, 0.25) is 0 Å². The van der Waals surface area contributed by atoms with Crippen LogP contribution in [0.25, 0.3) is 0 Å². The molecule has 0 bridgehead atoms. The lowest BCUT2D eigenvalue weighted by Crippen LogP contribution is -2.41. The zero-order valence-corrected chi connectivity index (χ0v) is 15.3. The molecule has 1 aliphatic heterocycles. The zero-order chi connectivity index (χ0) is 18.9. The van der Waals surface area contributed by atoms with Crippen LogP contribution >= 0.6 is 0 Å². The average Bonchev–Trinajstić information content (AvgIpc) is 2.84. The standard InChI is InChI=1S/C21H24N2O3/c1-21(2,3)14-13-18-19(25)22(15-7-5-4-6-8-15)23(20(18)26)16-9-11-17(24)12-10-16/h4-12,18,24H,13-14H2,1-3H3. The summed E-state index contributed by atoms with van der Waals surface area (Å²) in [5.41, 5.74) is 1.25. The fourth-order valence-electron chi connectivity index (χ4n) is 3.07. The van der Waals surface area contributed by atoms with Crippen molar-refractivity contribution in [2.24, 2.45) is 11.3 Å². The molecule has 0 spiro atoms. The Morgan fingerprint density at radius 2 is 1.35 bits per heavy atom. The smallest absolute Gasteiger partial charge is 0.258 e. The van der Waals surface area contributed by atoms with E-state index in [0.29, 0.717) is 17.8 Å². The number of nitrogens with zero attached hydrogens (tertiary/aromatic N) is 2. The normalized spacial score (nSPS) is 17.9. The van der Waals surface area contributed by atoms with E-state index in [2.05, 4.69) is 20.8 Å². The number of aromatic hydroxyl groups is 1. The van der Waals surface area contributed by atoms with Gasteiger partial charge in [0.25, 0.3) is 11.8 Å². The molecule has 5 heteroatoms. The van der Waals surface area contributed by atoms with E-state index in [4.69, 9.17) is 0 Å². The summed E-state index contributed by atoms with van der Waals surface area (Å²) in [5.74, 6) is -1.02. The van der Waals surface area contributed by atoms with Crippen molar-refractivity contribution < 1.29 is 14.7 Å². The predicted molar refractivity (Wildman–Crippen MR) is 102 cm³/mol. The van der Waals surface area contributed by atoms with Crippen LogP contribution in [0, 0.1) is 11.3 Å². The number of hydrogen-bond acceptors (Lipinski definition) is 3. The number of rotatable bonds is 4. The molecule has 0 aromatic heterocycles. The van der Waals surface area contributed by atoms with Crippen molar-refractivity contribution >= 4 is 23.2 Å². The second kappa shape index (κ2) is 6.83. The Hall–Kier alpha value is -2.82. The van der Waals surface area contributed by atoms with Gasteiger partial charge in [0, 0.05) is 0 Å². The van der Waals surface area contributed by atoms with E-state index < -0.39 is 5.92 Å². The van der Waals surface area contributed by atoms with E-state index in [1.807, 2.05) is 30.3 Å². The van der Waals surface area contributed by atoms with Crippen molar-refractivity contribution in [1.29, 1.82) is 0 Å². The second-order valence-corrected chi connectivity index (χ2v) is 7.80. The molecule has 1 N–H and O–H groups in total. The largest absolute Gasteiger partial charge is 0.508 e. The Morgan fingerprint density at radius 3 is 1.85 bits per heavy atom. The minimum Gasteiger partial charge on any atom is -0.508 e. The monoisotopic (exact) mass is 352 g/mol. The molecule has 3 rings (SSSR count). The highest BCUT2D eigenvalue weighted by molar-refractivity contribution is 6.23. The van der Waals surface area contributed by atoms with Crippen molar-refractivity contribution in [3.8, 4) is 5.75 Å². The van der Waals surface area contributed by atoms with E-state index in [1.165, 1.54) is 22.2 Å². The highest BCUT2D eigenvalue weighted by Crippen LogP contribution is 2.35. The van der Waals surface area contributed by atoms with Gasteiger partial charge in [-0.15, -0.1) is 0 Å². The van der Waals surface area contributed by atoms with Gasteiger partial charge in [0.15, 0.2) is 0 Å². The van der Waals surface area contributed by atoms with E-state index in [-0.39, 0.29) is 23.0 Å². The number of anilines is 2. The molecule has 1 heterocycles. The molecule has 2 amide bonds. The topological polar surface area (TPSA) is 60.9 Å². The molecule has 1 fully saturated rings. The Balaban J connectivity index is 1.99. The molecule has 1 aliphatic rings. The highest BCUT2D eigenvalue weighted by atomic mass is 16.3. The maximum Gasteiger partial charge on any atom is 0.258 e. The lowest BCUT2D eigenvalue weighted by Gasteiger charge is -2.27. The van der Waals surface area contributed by atoms with Crippen LogP contribution in [0.4, 0.5) is 11.4 Å². The lowest BCUT2D eigenvalue weighted by molar-refractivity contribution is -0.127. The SMILES string of the molecule is CC(C)(C)CCC1C(=O)N(c2ccccc2)N(c2ccc(O)cc2)C1=O. The van der Waals surface area contributed by atoms with E-state index in [9.17, 15) is 14.7 Å². The van der Waals surface area contributed by atoms with Crippen molar-refractivity contribution in [2.75, 3.05) is 10.0 Å². The molecule has 0 radical (unpaired) electrons. The van der Waals surface area contributed by atoms with Gasteiger partial charge in [0.05, 0.1) is 11.4 Å². The minimum absolute atomic E-state index is 0.0457. The summed E-state index contributed by atoms with van der Waals surface area (Å²) in [6.45, 7) is 6.30. The average molecular weight is 352 g/mol. The van der Waals surface area contributed by atoms with Crippen LogP contribution in [0.2, 0.25) is 0 Å². The van der Waals surface area contributed by atoms with Crippen LogP contribution in [-0.4, -0.2) is 16.9 Å². The first-order valence-corrected chi connectivity index (χ1v) is 8.80. The van der Waals surface area contributed by atoms with Crippen molar-refractivity contribution in [3.63, 3.8) is 0 Å². The van der Waals surface area contributed by atoms with Crippen LogP contribution < -0.4 is 10.0 Å². The number of phenols is 1. The number of hydrogen-bond donors (Lipinski definition) is 1. The number of phenolic OH excluding ortho intramolecular Hbond substituents is 1. The van der Waals surface area contributed by atoms with Crippen LogP contribution in [0.1, 0.15) is 33.6 Å². The summed E-state index contributed by atoms with van der Waals surface area (Å²) < 4.78 is 0. The molecule has 5 nitrogen and oxygen atoms in total. The predicted octanol–water partition coefficient (Wildman–Crippen LogP) is 4.13. The van der Waals surface area contributed by atoms with Crippen molar-refractivity contribution in [1.82, 2.24) is 0 Å². The second-order valence-electron chi connectivity index (χ2n) is 7.80. The van der Waals surface area contributed by atoms with Crippen LogP contribution in [0.3, 0.4) is 0 Å². The number of hydrazine groups is 1. The molecule has 136 valence electrons. The molecule has 26 heavy (non-hydrogen) atoms. The minimum atomic E-state index is -0.691. The summed E-state index contributed by atoms with van der Waals surface area (Å²) in [7, 11) is 0. The Morgan fingerprint density at radius 1 is 0.846 bits per heavy atom. The van der Waals surface area contributed by atoms with Gasteiger partial charge >= 0.3 is 0 Å². The van der Waals surface area contributed by atoms with Crippen molar-refractivity contribution in [2.45, 2.75) is 33.6 Å². The number of carbonyl (C=O) groups is 2. The van der Waals surface area contributed by atoms with Gasteiger partial charge in [-0.2, -0.15) is 0 Å². The summed E-state index contributed by atoms with van der Waals surface area (Å²) in [4.78, 5) is 26.2. The van der Waals surface area contributed by atoms with Gasteiger partial charge in [0.1, 0.15) is 11.7 Å². The third-order valence-corrected chi connectivity index (χ3v) is 4.49. The Kier molecular flexibility index (Phi) is 4.72. The third-order valence-electron chi connectivity index (χ3n) is 4.49. The molecule has 2 aromatic carbocycles. The Bertz CT molecular complexity index is 794. The van der Waals surface area contributed by atoms with Gasteiger partial charge < -0.3 is 5.11 Å². The fraction of sp³-hybridized carbons (Fsp3) is 0.333. The maximum absolute atomic E-state index is 13.1. The number of para-hydroxylation sites is 1. The number of carbonyl (C=O) groups excluding carboxylic acids is 2. The summed E-state index contributed by atoms with van der Waals surface area (Å²) in [6.07, 6.45) is 1.29. The quantitative estimate of drug-likeness (QED) is 0.842. The highest BCUT2D eigenvalue weighted by Gasteiger charge is 2.47. The number of amides is 2. The summed E-state index contributed by atoms with van der Waals surface area (Å²) in [6, 6.07) is 15.5. The van der Waals surface area contributed by atoms with Gasteiger partial charge in [-0.3, -0.25) is 9.59 Å². The van der Waals surface area contributed by atoms with E-state index >= 15 is 0 Å². The summed E-state index contributed by atoms with van der Waals surface area (Å²) in [5, 5.41) is 12.4. The van der Waals surface area contributed by atoms with Gasteiger partial charge in [-0.05, 0) is 54.7 Å². The van der Waals surface area contributed by atoms with Crippen molar-refractivity contribution in [3.05, 3.63) is 54.6 Å². The van der Waals surface area contributed by atoms with Crippen LogP contribution in [-0.2, 0) is 9.59 Å². The van der Waals surface area contributed by atoms with Crippen LogP contribution in [0.5, 0.6) is 5.75 Å². The van der Waals surface area contributed by atoms with Gasteiger partial charge in [-0.1, -0.05) is 39.0 Å². The molecule has 0 saturated carbocycles. The molecule has 1 unspecified atom stereocenters.